The van der Waals surface area contributed by atoms with Gasteiger partial charge in [0.25, 0.3) is 0 Å². The Bertz CT molecular complexity index is 614. The lowest BCUT2D eigenvalue weighted by Gasteiger charge is -2.15. The number of hydrogen-bond donors (Lipinski definition) is 1. The number of aliphatic carboxylic acids is 1. The maximum absolute atomic E-state index is 12.5. The van der Waals surface area contributed by atoms with Crippen LogP contribution in [0.15, 0.2) is 12.2 Å². The van der Waals surface area contributed by atoms with Gasteiger partial charge in [-0.2, -0.15) is 0 Å². The Morgan fingerprint density at radius 2 is 0.884 bits per heavy atom. The number of carboxylic acids is 1. The van der Waals surface area contributed by atoms with Gasteiger partial charge in [0.15, 0.2) is 0 Å². The zero-order valence-corrected chi connectivity index (χ0v) is 29.0. The molecule has 0 radical (unpaired) electrons. The summed E-state index contributed by atoms with van der Waals surface area (Å²) in [5.74, 6) is -0.783. The fourth-order valence-electron chi connectivity index (χ4n) is 5.86. The highest BCUT2D eigenvalue weighted by Gasteiger charge is 2.11. The van der Waals surface area contributed by atoms with Gasteiger partial charge in [0, 0.05) is 12.8 Å². The van der Waals surface area contributed by atoms with Gasteiger partial charge in [0.2, 0.25) is 0 Å². The van der Waals surface area contributed by atoms with E-state index in [9.17, 15) is 9.59 Å². The van der Waals surface area contributed by atoms with E-state index in [-0.39, 0.29) is 18.5 Å². The van der Waals surface area contributed by atoms with Crippen molar-refractivity contribution in [3.63, 3.8) is 0 Å². The first kappa shape index (κ1) is 41.7. The number of carbonyl (C=O) groups excluding carboxylic acids is 1. The molecule has 0 spiro atoms. The van der Waals surface area contributed by atoms with E-state index in [2.05, 4.69) is 26.0 Å². The standard InChI is InChI=1S/C39H74O4/c1-3-5-7-9-10-11-12-13-14-15-16-17-18-19-20-21-22-23-24-26-32-36-39(42)43-37(33-29-25-8-6-4-2)34-30-27-28-31-35-38(40)41/h29,33,37H,3-28,30-32,34-36H2,1-2H3,(H,40,41)/b33-29-. The van der Waals surface area contributed by atoms with Gasteiger partial charge in [-0.15, -0.1) is 0 Å². The van der Waals surface area contributed by atoms with Crippen LogP contribution in [0.25, 0.3) is 0 Å². The lowest BCUT2D eigenvalue weighted by Crippen LogP contribution is -2.16. The van der Waals surface area contributed by atoms with Gasteiger partial charge in [-0.3, -0.25) is 9.59 Å². The van der Waals surface area contributed by atoms with Crippen molar-refractivity contribution in [3.05, 3.63) is 12.2 Å². The molecule has 1 atom stereocenters. The molecule has 0 aromatic carbocycles. The predicted molar refractivity (Wildman–Crippen MR) is 186 cm³/mol. The van der Waals surface area contributed by atoms with Crippen molar-refractivity contribution in [1.82, 2.24) is 0 Å². The Kier molecular flexibility index (Phi) is 34.1. The molecule has 1 N–H and O–H groups in total. The number of hydrogen-bond acceptors (Lipinski definition) is 3. The van der Waals surface area contributed by atoms with E-state index in [1.807, 2.05) is 0 Å². The Morgan fingerprint density at radius 3 is 1.33 bits per heavy atom. The number of allylic oxidation sites excluding steroid dienone is 1. The third kappa shape index (κ3) is 35.0. The minimum atomic E-state index is -0.720. The van der Waals surface area contributed by atoms with Gasteiger partial charge in [-0.25, -0.2) is 0 Å². The van der Waals surface area contributed by atoms with Crippen LogP contribution < -0.4 is 0 Å². The van der Waals surface area contributed by atoms with Gasteiger partial charge in [-0.1, -0.05) is 174 Å². The average Bonchev–Trinajstić information content (AvgIpc) is 2.99. The van der Waals surface area contributed by atoms with E-state index in [1.165, 1.54) is 141 Å². The Hall–Kier alpha value is -1.32. The van der Waals surface area contributed by atoms with E-state index in [0.717, 1.165) is 51.4 Å². The van der Waals surface area contributed by atoms with Crippen LogP contribution in [0.2, 0.25) is 0 Å². The van der Waals surface area contributed by atoms with E-state index in [4.69, 9.17) is 9.84 Å². The molecule has 0 aliphatic rings. The minimum absolute atomic E-state index is 0.0631. The summed E-state index contributed by atoms with van der Waals surface area (Å²) >= 11 is 0. The summed E-state index contributed by atoms with van der Waals surface area (Å²) in [6.07, 6.45) is 42.7. The average molecular weight is 607 g/mol. The highest BCUT2D eigenvalue weighted by atomic mass is 16.5. The van der Waals surface area contributed by atoms with Crippen LogP contribution in [0.4, 0.5) is 0 Å². The van der Waals surface area contributed by atoms with Crippen molar-refractivity contribution in [2.45, 2.75) is 225 Å². The fraction of sp³-hybridized carbons (Fsp3) is 0.897. The van der Waals surface area contributed by atoms with E-state index >= 15 is 0 Å². The fourth-order valence-corrected chi connectivity index (χ4v) is 5.86. The van der Waals surface area contributed by atoms with Crippen LogP contribution in [0.3, 0.4) is 0 Å². The number of unbranched alkanes of at least 4 members (excludes halogenated alkanes) is 26. The Morgan fingerprint density at radius 1 is 0.512 bits per heavy atom. The van der Waals surface area contributed by atoms with Gasteiger partial charge >= 0.3 is 11.9 Å². The highest BCUT2D eigenvalue weighted by molar-refractivity contribution is 5.69. The summed E-state index contributed by atoms with van der Waals surface area (Å²) in [5.41, 5.74) is 0. The molecule has 0 aromatic rings. The van der Waals surface area contributed by atoms with Crippen molar-refractivity contribution in [2.75, 3.05) is 0 Å². The van der Waals surface area contributed by atoms with Crippen molar-refractivity contribution in [1.29, 1.82) is 0 Å². The zero-order valence-electron chi connectivity index (χ0n) is 29.0. The molecule has 43 heavy (non-hydrogen) atoms. The van der Waals surface area contributed by atoms with Crippen molar-refractivity contribution >= 4 is 11.9 Å². The minimum Gasteiger partial charge on any atom is -0.481 e. The molecule has 0 saturated heterocycles. The molecule has 4 nitrogen and oxygen atoms in total. The lowest BCUT2D eigenvalue weighted by molar-refractivity contribution is -0.147. The molecule has 0 aliphatic carbocycles. The third-order valence-electron chi connectivity index (χ3n) is 8.72. The summed E-state index contributed by atoms with van der Waals surface area (Å²) in [6.45, 7) is 4.50. The summed E-state index contributed by atoms with van der Waals surface area (Å²) in [5, 5.41) is 8.78. The van der Waals surface area contributed by atoms with Crippen LogP contribution in [0.1, 0.15) is 219 Å². The summed E-state index contributed by atoms with van der Waals surface area (Å²) in [4.78, 5) is 23.1. The van der Waals surface area contributed by atoms with Gasteiger partial charge < -0.3 is 9.84 Å². The van der Waals surface area contributed by atoms with Crippen molar-refractivity contribution in [2.24, 2.45) is 0 Å². The van der Waals surface area contributed by atoms with Gasteiger partial charge in [0.05, 0.1) is 0 Å². The second-order valence-electron chi connectivity index (χ2n) is 13.1. The molecule has 0 amide bonds. The van der Waals surface area contributed by atoms with Crippen LogP contribution in [0, 0.1) is 0 Å². The molecule has 0 aromatic heterocycles. The zero-order chi connectivity index (χ0) is 31.5. The van der Waals surface area contributed by atoms with E-state index in [1.54, 1.807) is 0 Å². The van der Waals surface area contributed by atoms with Crippen LogP contribution in [-0.4, -0.2) is 23.1 Å². The van der Waals surface area contributed by atoms with Gasteiger partial charge in [-0.05, 0) is 44.6 Å². The predicted octanol–water partition coefficient (Wildman–Crippen LogP) is 13.1. The largest absolute Gasteiger partial charge is 0.481 e. The van der Waals surface area contributed by atoms with Crippen molar-refractivity contribution < 1.29 is 19.4 Å². The first-order chi connectivity index (χ1) is 21.1. The number of ether oxygens (including phenoxy) is 1. The summed E-state index contributed by atoms with van der Waals surface area (Å²) in [6, 6.07) is 0. The molecule has 0 fully saturated rings. The molecule has 0 bridgehead atoms. The molecular weight excluding hydrogens is 532 g/mol. The molecule has 0 heterocycles. The summed E-state index contributed by atoms with van der Waals surface area (Å²) < 4.78 is 5.83. The van der Waals surface area contributed by atoms with Gasteiger partial charge in [0.1, 0.15) is 6.10 Å². The number of esters is 1. The smallest absolute Gasteiger partial charge is 0.306 e. The molecule has 0 aliphatic heterocycles. The maximum atomic E-state index is 12.5. The molecule has 4 heteroatoms. The Balaban J connectivity index is 3.67. The SMILES string of the molecule is CCCCC/C=C\C(CCCCCCC(=O)O)OC(=O)CCCCCCCCCCCCCCCCCCCCCCC. The third-order valence-corrected chi connectivity index (χ3v) is 8.72. The monoisotopic (exact) mass is 607 g/mol. The topological polar surface area (TPSA) is 63.6 Å². The van der Waals surface area contributed by atoms with Crippen LogP contribution >= 0.6 is 0 Å². The molecular formula is C39H74O4. The molecule has 0 saturated carbocycles. The first-order valence-corrected chi connectivity index (χ1v) is 19.2. The maximum Gasteiger partial charge on any atom is 0.306 e. The van der Waals surface area contributed by atoms with E-state index < -0.39 is 5.97 Å². The molecule has 1 unspecified atom stereocenters. The summed E-state index contributed by atoms with van der Waals surface area (Å²) in [7, 11) is 0. The normalized spacial score (nSPS) is 12.2. The molecule has 0 rings (SSSR count). The number of carboxylic acid groups (broad SMARTS) is 1. The first-order valence-electron chi connectivity index (χ1n) is 19.2. The van der Waals surface area contributed by atoms with Crippen molar-refractivity contribution in [3.8, 4) is 0 Å². The second kappa shape index (κ2) is 35.2. The number of rotatable bonds is 35. The Labute approximate surface area is 268 Å². The van der Waals surface area contributed by atoms with E-state index in [0.29, 0.717) is 6.42 Å². The second-order valence-corrected chi connectivity index (χ2v) is 13.1. The van der Waals surface area contributed by atoms with Crippen LogP contribution in [-0.2, 0) is 14.3 Å². The number of carbonyl (C=O) groups is 2. The van der Waals surface area contributed by atoms with Crippen LogP contribution in [0.5, 0.6) is 0 Å². The highest BCUT2D eigenvalue weighted by Crippen LogP contribution is 2.17. The lowest BCUT2D eigenvalue weighted by atomic mass is 10.0. The quantitative estimate of drug-likeness (QED) is 0.0443. The molecule has 254 valence electrons.